The molecule has 46 heavy (non-hydrogen) atoms. The van der Waals surface area contributed by atoms with Crippen LogP contribution in [0.25, 0.3) is 6.08 Å². The molecule has 0 heterocycles. The standard InChI is InChI=1S/C34H32N4O7S/c1-4-31(34(42)36-28-16-14-25(38(43)44)17-21(28)2)46-27-12-8-11-24(19-27)35-33(41)29(37-32(40)22-9-6-5-7-10-22)18-23-13-15-26(39)20-30(23)45-3/h5-20,31,39H,4H2,1-3H3,(H,35,41)(H,36,42)(H,37,40)/b29-18+. The summed E-state index contributed by atoms with van der Waals surface area (Å²) in [6.45, 7) is 3.56. The van der Waals surface area contributed by atoms with Gasteiger partial charge in [-0.2, -0.15) is 0 Å². The number of thioether (sulfide) groups is 1. The number of amides is 3. The molecule has 1 atom stereocenters. The van der Waals surface area contributed by atoms with E-state index in [9.17, 15) is 29.6 Å². The smallest absolute Gasteiger partial charge is 0.272 e. The largest absolute Gasteiger partial charge is 0.508 e. The van der Waals surface area contributed by atoms with Crippen LogP contribution < -0.4 is 20.7 Å². The van der Waals surface area contributed by atoms with E-state index in [0.717, 1.165) is 0 Å². The van der Waals surface area contributed by atoms with Crippen molar-refractivity contribution < 1.29 is 29.2 Å². The number of nitro benzene ring substituents is 1. The van der Waals surface area contributed by atoms with Gasteiger partial charge in [-0.15, -0.1) is 11.8 Å². The summed E-state index contributed by atoms with van der Waals surface area (Å²) in [6.07, 6.45) is 1.94. The van der Waals surface area contributed by atoms with E-state index in [2.05, 4.69) is 16.0 Å². The number of carbonyl (C=O) groups is 3. The number of ether oxygens (including phenoxy) is 1. The van der Waals surface area contributed by atoms with Crippen LogP contribution in [0.5, 0.6) is 11.5 Å². The average Bonchev–Trinajstić information content (AvgIpc) is 3.05. The summed E-state index contributed by atoms with van der Waals surface area (Å²) in [7, 11) is 1.43. The molecule has 4 N–H and O–H groups in total. The van der Waals surface area contributed by atoms with Gasteiger partial charge in [0.15, 0.2) is 0 Å². The highest BCUT2D eigenvalue weighted by Crippen LogP contribution is 2.30. The van der Waals surface area contributed by atoms with Crippen molar-refractivity contribution in [3.8, 4) is 11.5 Å². The van der Waals surface area contributed by atoms with Crippen molar-refractivity contribution in [2.75, 3.05) is 17.7 Å². The van der Waals surface area contributed by atoms with E-state index in [1.54, 1.807) is 61.5 Å². The minimum Gasteiger partial charge on any atom is -0.508 e. The lowest BCUT2D eigenvalue weighted by Crippen LogP contribution is -2.30. The van der Waals surface area contributed by atoms with Gasteiger partial charge in [-0.3, -0.25) is 24.5 Å². The van der Waals surface area contributed by atoms with E-state index >= 15 is 0 Å². The minimum absolute atomic E-state index is 0.0235. The Morgan fingerprint density at radius 3 is 2.41 bits per heavy atom. The molecule has 0 aliphatic heterocycles. The average molecular weight is 641 g/mol. The van der Waals surface area contributed by atoms with Gasteiger partial charge in [0.1, 0.15) is 17.2 Å². The van der Waals surface area contributed by atoms with Crippen molar-refractivity contribution in [2.45, 2.75) is 30.4 Å². The third-order valence-electron chi connectivity index (χ3n) is 6.76. The van der Waals surface area contributed by atoms with Crippen molar-refractivity contribution in [3.05, 3.63) is 123 Å². The number of nitro groups is 1. The fraction of sp³-hybridized carbons (Fsp3) is 0.147. The zero-order valence-electron chi connectivity index (χ0n) is 25.3. The summed E-state index contributed by atoms with van der Waals surface area (Å²) in [4.78, 5) is 51.0. The molecular formula is C34H32N4O7S. The number of nitrogens with one attached hydrogen (secondary N) is 3. The van der Waals surface area contributed by atoms with Crippen LogP contribution in [-0.4, -0.2) is 40.1 Å². The number of carbonyl (C=O) groups excluding carboxylic acids is 3. The number of hydrogen-bond donors (Lipinski definition) is 4. The summed E-state index contributed by atoms with van der Waals surface area (Å²) in [6, 6.07) is 24.0. The van der Waals surface area contributed by atoms with Crippen molar-refractivity contribution in [1.82, 2.24) is 5.32 Å². The Hall–Kier alpha value is -5.62. The highest BCUT2D eigenvalue weighted by molar-refractivity contribution is 8.00. The molecule has 11 nitrogen and oxygen atoms in total. The number of anilines is 2. The lowest BCUT2D eigenvalue weighted by Gasteiger charge is -2.17. The van der Waals surface area contributed by atoms with Crippen LogP contribution >= 0.6 is 11.8 Å². The lowest BCUT2D eigenvalue weighted by molar-refractivity contribution is -0.384. The Morgan fingerprint density at radius 2 is 1.74 bits per heavy atom. The van der Waals surface area contributed by atoms with E-state index in [1.165, 1.54) is 55.3 Å². The molecule has 1 unspecified atom stereocenters. The SMILES string of the molecule is CCC(Sc1cccc(NC(=O)/C(=C\c2ccc(O)cc2OC)NC(=O)c2ccccc2)c1)C(=O)Nc1ccc([N+](=O)[O-])cc1C. The lowest BCUT2D eigenvalue weighted by atomic mass is 10.1. The number of phenolic OH excluding ortho intramolecular Hbond substituents is 1. The third kappa shape index (κ3) is 8.73. The zero-order chi connectivity index (χ0) is 33.2. The molecule has 0 aromatic heterocycles. The highest BCUT2D eigenvalue weighted by Gasteiger charge is 2.21. The summed E-state index contributed by atoms with van der Waals surface area (Å²) >= 11 is 1.30. The normalized spacial score (nSPS) is 11.7. The van der Waals surface area contributed by atoms with Gasteiger partial charge in [-0.25, -0.2) is 0 Å². The molecule has 0 saturated heterocycles. The second-order valence-electron chi connectivity index (χ2n) is 10.0. The van der Waals surface area contributed by atoms with Gasteiger partial charge >= 0.3 is 0 Å². The van der Waals surface area contributed by atoms with Crippen LogP contribution in [0.15, 0.2) is 102 Å². The maximum absolute atomic E-state index is 13.6. The fourth-order valence-corrected chi connectivity index (χ4v) is 5.38. The molecule has 236 valence electrons. The predicted molar refractivity (Wildman–Crippen MR) is 178 cm³/mol. The van der Waals surface area contributed by atoms with Crippen molar-refractivity contribution in [3.63, 3.8) is 0 Å². The third-order valence-corrected chi connectivity index (χ3v) is 8.12. The first-order valence-corrected chi connectivity index (χ1v) is 15.0. The number of benzene rings is 4. The highest BCUT2D eigenvalue weighted by atomic mass is 32.2. The van der Waals surface area contributed by atoms with E-state index in [4.69, 9.17) is 4.74 Å². The maximum Gasteiger partial charge on any atom is 0.272 e. The topological polar surface area (TPSA) is 160 Å². The number of non-ortho nitro benzene ring substituents is 1. The second-order valence-corrected chi connectivity index (χ2v) is 11.3. The Balaban J connectivity index is 1.53. The summed E-state index contributed by atoms with van der Waals surface area (Å²) in [5, 5.41) is 28.7. The van der Waals surface area contributed by atoms with Gasteiger partial charge in [0, 0.05) is 45.6 Å². The number of phenols is 1. The Bertz CT molecular complexity index is 1790. The Kier molecular flexibility index (Phi) is 11.1. The van der Waals surface area contributed by atoms with Gasteiger partial charge in [0.2, 0.25) is 5.91 Å². The first-order chi connectivity index (χ1) is 22.1. The monoisotopic (exact) mass is 640 g/mol. The Labute approximate surface area is 269 Å². The first kappa shape index (κ1) is 33.3. The van der Waals surface area contributed by atoms with E-state index in [0.29, 0.717) is 45.1 Å². The Morgan fingerprint density at radius 1 is 0.978 bits per heavy atom. The maximum atomic E-state index is 13.6. The molecule has 3 amide bonds. The molecular weight excluding hydrogens is 608 g/mol. The van der Waals surface area contributed by atoms with Crippen molar-refractivity contribution in [2.24, 2.45) is 0 Å². The van der Waals surface area contributed by atoms with Gasteiger partial charge in [0.05, 0.1) is 17.3 Å². The molecule has 0 bridgehead atoms. The zero-order valence-corrected chi connectivity index (χ0v) is 26.1. The summed E-state index contributed by atoms with van der Waals surface area (Å²) in [5.74, 6) is -1.10. The molecule has 12 heteroatoms. The van der Waals surface area contributed by atoms with Gasteiger partial charge < -0.3 is 25.8 Å². The molecule has 4 rings (SSSR count). The van der Waals surface area contributed by atoms with E-state index < -0.39 is 22.0 Å². The number of methoxy groups -OCH3 is 1. The van der Waals surface area contributed by atoms with E-state index in [-0.39, 0.29) is 23.0 Å². The van der Waals surface area contributed by atoms with Gasteiger partial charge in [-0.1, -0.05) is 31.2 Å². The molecule has 4 aromatic rings. The van der Waals surface area contributed by atoms with Gasteiger partial charge in [0.25, 0.3) is 17.5 Å². The van der Waals surface area contributed by atoms with Crippen LogP contribution in [0.3, 0.4) is 0 Å². The molecule has 0 saturated carbocycles. The fourth-order valence-electron chi connectivity index (χ4n) is 4.36. The van der Waals surface area contributed by atoms with Crippen LogP contribution in [0.4, 0.5) is 17.1 Å². The molecule has 0 spiro atoms. The predicted octanol–water partition coefficient (Wildman–Crippen LogP) is 6.54. The number of hydrogen-bond acceptors (Lipinski definition) is 8. The molecule has 0 fully saturated rings. The van der Waals surface area contributed by atoms with Crippen LogP contribution in [-0.2, 0) is 9.59 Å². The molecule has 4 aromatic carbocycles. The quantitative estimate of drug-likeness (QED) is 0.0588. The summed E-state index contributed by atoms with van der Waals surface area (Å²) in [5.41, 5.74) is 2.15. The minimum atomic E-state index is -0.611. The van der Waals surface area contributed by atoms with E-state index in [1.807, 2.05) is 13.0 Å². The van der Waals surface area contributed by atoms with Crippen LogP contribution in [0.2, 0.25) is 0 Å². The molecule has 0 aliphatic carbocycles. The van der Waals surface area contributed by atoms with Crippen LogP contribution in [0, 0.1) is 17.0 Å². The molecule has 0 aliphatic rings. The van der Waals surface area contributed by atoms with Crippen LogP contribution in [0.1, 0.15) is 34.8 Å². The summed E-state index contributed by atoms with van der Waals surface area (Å²) < 4.78 is 5.34. The number of aryl methyl sites for hydroxylation is 1. The number of aromatic hydroxyl groups is 1. The van der Waals surface area contributed by atoms with Gasteiger partial charge in [-0.05, 0) is 73.5 Å². The number of rotatable bonds is 12. The first-order valence-electron chi connectivity index (χ1n) is 14.2. The number of nitrogens with zero attached hydrogens (tertiary/aromatic N) is 1. The second kappa shape index (κ2) is 15.4. The van der Waals surface area contributed by atoms with Crippen molar-refractivity contribution in [1.29, 1.82) is 0 Å². The molecule has 0 radical (unpaired) electrons. The van der Waals surface area contributed by atoms with Crippen molar-refractivity contribution >= 4 is 52.6 Å².